The van der Waals surface area contributed by atoms with Crippen LogP contribution in [0.1, 0.15) is 22.3 Å². The number of amides is 1. The first-order valence-electron chi connectivity index (χ1n) is 12.4. The molecule has 1 N–H and O–H groups in total. The van der Waals surface area contributed by atoms with Crippen molar-refractivity contribution in [3.05, 3.63) is 113 Å². The Hall–Kier alpha value is -3.26. The van der Waals surface area contributed by atoms with Crippen LogP contribution in [0.25, 0.3) is 0 Å². The van der Waals surface area contributed by atoms with Gasteiger partial charge in [0.25, 0.3) is 0 Å². The molecule has 1 saturated heterocycles. The number of aliphatic hydroxyl groups is 1. The van der Waals surface area contributed by atoms with Crippen LogP contribution in [0.3, 0.4) is 0 Å². The summed E-state index contributed by atoms with van der Waals surface area (Å²) in [5.41, 5.74) is 3.90. The summed E-state index contributed by atoms with van der Waals surface area (Å²) in [5.74, 6) is -1.11. The normalized spacial score (nSPS) is 20.1. The fraction of sp³-hybridized carbons (Fsp3) is 0.300. The van der Waals surface area contributed by atoms with Gasteiger partial charge in [-0.05, 0) is 37.1 Å². The van der Waals surface area contributed by atoms with Crippen LogP contribution in [-0.2, 0) is 32.5 Å². The topological polar surface area (TPSA) is 83.9 Å². The highest BCUT2D eigenvalue weighted by Gasteiger charge is 2.53. The van der Waals surface area contributed by atoms with E-state index in [-0.39, 0.29) is 24.7 Å². The number of hydrogen-bond acceptors (Lipinski definition) is 5. The van der Waals surface area contributed by atoms with Gasteiger partial charge in [-0.1, -0.05) is 90.0 Å². The monoisotopic (exact) mass is 519 g/mol. The Bertz CT molecular complexity index is 1320. The first-order chi connectivity index (χ1) is 17.8. The minimum absolute atomic E-state index is 0.0707. The smallest absolute Gasteiger partial charge is 0.242 e. The average Bonchev–Trinajstić information content (AvgIpc) is 3.15. The van der Waals surface area contributed by atoms with Gasteiger partial charge in [0.05, 0.1) is 30.8 Å². The number of rotatable bonds is 10. The molecule has 3 atom stereocenters. The van der Waals surface area contributed by atoms with Crippen LogP contribution >= 0.6 is 0 Å². The van der Waals surface area contributed by atoms with Crippen molar-refractivity contribution < 1.29 is 23.1 Å². The fourth-order valence-corrected chi connectivity index (χ4v) is 6.64. The second kappa shape index (κ2) is 11.9. The van der Waals surface area contributed by atoms with Crippen molar-refractivity contribution in [2.45, 2.75) is 43.2 Å². The highest BCUT2D eigenvalue weighted by molar-refractivity contribution is 7.92. The Kier molecular flexibility index (Phi) is 8.59. The third-order valence-corrected chi connectivity index (χ3v) is 8.88. The molecular formula is C30H33NO5S. The molecule has 194 valence electrons. The maximum absolute atomic E-state index is 13.9. The summed E-state index contributed by atoms with van der Waals surface area (Å²) in [7, 11) is -4.01. The molecule has 6 nitrogen and oxygen atoms in total. The number of aliphatic hydroxyl groups excluding tert-OH is 1. The minimum atomic E-state index is -4.01. The number of hydrogen-bond donors (Lipinski definition) is 1. The van der Waals surface area contributed by atoms with Crippen LogP contribution in [0, 0.1) is 19.8 Å². The zero-order valence-corrected chi connectivity index (χ0v) is 22.0. The molecule has 3 aromatic carbocycles. The van der Waals surface area contributed by atoms with E-state index in [4.69, 9.17) is 4.74 Å². The predicted molar refractivity (Wildman–Crippen MR) is 143 cm³/mol. The maximum Gasteiger partial charge on any atom is 0.242 e. The number of benzene rings is 3. The molecule has 0 aliphatic carbocycles. The molecule has 1 fully saturated rings. The second-order valence-electron chi connectivity index (χ2n) is 9.50. The van der Waals surface area contributed by atoms with Crippen molar-refractivity contribution in [1.29, 1.82) is 0 Å². The molecule has 1 amide bonds. The van der Waals surface area contributed by atoms with Gasteiger partial charge < -0.3 is 14.7 Å². The van der Waals surface area contributed by atoms with Gasteiger partial charge >= 0.3 is 0 Å². The van der Waals surface area contributed by atoms with Gasteiger partial charge in [-0.15, -0.1) is 0 Å². The Morgan fingerprint density at radius 1 is 0.892 bits per heavy atom. The van der Waals surface area contributed by atoms with E-state index < -0.39 is 33.0 Å². The lowest BCUT2D eigenvalue weighted by Gasteiger charge is -2.26. The molecule has 0 saturated carbocycles. The first kappa shape index (κ1) is 26.8. The molecule has 1 heterocycles. The Morgan fingerprint density at radius 2 is 1.51 bits per heavy atom. The van der Waals surface area contributed by atoms with E-state index in [0.29, 0.717) is 6.61 Å². The number of ether oxygens (including phenoxy) is 1. The van der Waals surface area contributed by atoms with Crippen LogP contribution in [0.4, 0.5) is 0 Å². The molecule has 0 unspecified atom stereocenters. The molecule has 1 aliphatic rings. The van der Waals surface area contributed by atoms with Gasteiger partial charge in [-0.25, -0.2) is 8.42 Å². The van der Waals surface area contributed by atoms with Gasteiger partial charge in [0, 0.05) is 12.5 Å². The second-order valence-corrected chi connectivity index (χ2v) is 11.6. The van der Waals surface area contributed by atoms with E-state index in [0.717, 1.165) is 22.3 Å². The van der Waals surface area contributed by atoms with Crippen molar-refractivity contribution in [1.82, 2.24) is 4.90 Å². The lowest BCUT2D eigenvalue weighted by atomic mass is 10.00. The summed E-state index contributed by atoms with van der Waals surface area (Å²) in [6.07, 6.45) is 3.29. The summed E-state index contributed by atoms with van der Waals surface area (Å²) < 4.78 is 33.8. The third-order valence-electron chi connectivity index (χ3n) is 6.73. The third kappa shape index (κ3) is 6.18. The van der Waals surface area contributed by atoms with E-state index in [9.17, 15) is 18.3 Å². The van der Waals surface area contributed by atoms with Gasteiger partial charge in [0.1, 0.15) is 0 Å². The standard InChI is InChI=1S/C30H33NO5S/c1-22-10-14-24(15-11-22)19-31-28(9-6-18-32)27(21-36-20-25-7-4-3-5-8-25)29(30(31)33)37(34,35)26-16-12-23(2)13-17-26/h3-17,27-29,32H,18-21H2,1-2H3/b9-6+/t27-,28-,29+/m0/s1. The van der Waals surface area contributed by atoms with E-state index in [1.54, 1.807) is 41.3 Å². The van der Waals surface area contributed by atoms with Gasteiger partial charge in [-0.2, -0.15) is 0 Å². The molecular weight excluding hydrogens is 486 g/mol. The van der Waals surface area contributed by atoms with Crippen LogP contribution in [0.2, 0.25) is 0 Å². The molecule has 4 rings (SSSR count). The van der Waals surface area contributed by atoms with Crippen LogP contribution in [0.15, 0.2) is 95.9 Å². The average molecular weight is 520 g/mol. The van der Waals surface area contributed by atoms with Crippen LogP contribution < -0.4 is 0 Å². The molecule has 0 spiro atoms. The van der Waals surface area contributed by atoms with Crippen LogP contribution in [0.5, 0.6) is 0 Å². The molecule has 37 heavy (non-hydrogen) atoms. The first-order valence-corrected chi connectivity index (χ1v) is 13.9. The van der Waals surface area contributed by atoms with Crippen molar-refractivity contribution >= 4 is 15.7 Å². The van der Waals surface area contributed by atoms with Gasteiger partial charge in [0.2, 0.25) is 5.91 Å². The Morgan fingerprint density at radius 3 is 2.14 bits per heavy atom. The number of nitrogens with zero attached hydrogens (tertiary/aromatic N) is 1. The zero-order chi connectivity index (χ0) is 26.4. The molecule has 7 heteroatoms. The number of sulfone groups is 1. The van der Waals surface area contributed by atoms with E-state index in [2.05, 4.69) is 0 Å². The lowest BCUT2D eigenvalue weighted by molar-refractivity contribution is -0.128. The highest BCUT2D eigenvalue weighted by atomic mass is 32.2. The molecule has 3 aromatic rings. The van der Waals surface area contributed by atoms with Gasteiger partial charge in [-0.3, -0.25) is 4.79 Å². The zero-order valence-electron chi connectivity index (χ0n) is 21.2. The van der Waals surface area contributed by atoms with Crippen molar-refractivity contribution in [3.63, 3.8) is 0 Å². The number of carbonyl (C=O) groups is 1. The summed E-state index contributed by atoms with van der Waals surface area (Å²) in [6, 6.07) is 23.5. The fourth-order valence-electron chi connectivity index (χ4n) is 4.73. The number of likely N-dealkylation sites (tertiary alicyclic amines) is 1. The highest BCUT2D eigenvalue weighted by Crippen LogP contribution is 2.36. The number of aryl methyl sites for hydroxylation is 2. The van der Waals surface area contributed by atoms with E-state index in [1.807, 2.05) is 68.4 Å². The van der Waals surface area contributed by atoms with Gasteiger partial charge in [0.15, 0.2) is 15.1 Å². The summed E-state index contributed by atoms with van der Waals surface area (Å²) in [4.78, 5) is 15.6. The molecule has 0 radical (unpaired) electrons. The minimum Gasteiger partial charge on any atom is -0.392 e. The van der Waals surface area contributed by atoms with Crippen molar-refractivity contribution in [2.75, 3.05) is 13.2 Å². The maximum atomic E-state index is 13.9. The molecule has 0 aromatic heterocycles. The Labute approximate surface area is 219 Å². The van der Waals surface area contributed by atoms with Crippen LogP contribution in [-0.4, -0.2) is 48.8 Å². The molecule has 0 bridgehead atoms. The van der Waals surface area contributed by atoms with Crippen molar-refractivity contribution in [3.8, 4) is 0 Å². The lowest BCUT2D eigenvalue weighted by Crippen LogP contribution is -2.36. The molecule has 1 aliphatic heterocycles. The quantitative estimate of drug-likeness (QED) is 0.405. The SMILES string of the molecule is Cc1ccc(CN2C(=O)[C@H](S(=O)(=O)c3ccc(C)cc3)[C@@H](COCc3ccccc3)[C@@H]2/C=C/CO)cc1. The van der Waals surface area contributed by atoms with E-state index in [1.165, 1.54) is 0 Å². The number of carbonyl (C=O) groups excluding carboxylic acids is 1. The summed E-state index contributed by atoms with van der Waals surface area (Å²) in [6.45, 7) is 4.29. The Balaban J connectivity index is 1.70. The predicted octanol–water partition coefficient (Wildman–Crippen LogP) is 4.24. The van der Waals surface area contributed by atoms with Crippen molar-refractivity contribution in [2.24, 2.45) is 5.92 Å². The van der Waals surface area contributed by atoms with E-state index >= 15 is 0 Å². The largest absolute Gasteiger partial charge is 0.392 e. The summed E-state index contributed by atoms with van der Waals surface area (Å²) in [5, 5.41) is 8.20. The summed E-state index contributed by atoms with van der Waals surface area (Å²) >= 11 is 0.